The van der Waals surface area contributed by atoms with Crippen molar-refractivity contribution >= 4 is 11.6 Å². The molecule has 3 nitrogen and oxygen atoms in total. The summed E-state index contributed by atoms with van der Waals surface area (Å²) in [4.78, 5) is 4.06. The monoisotopic (exact) mass is 217 g/mol. The van der Waals surface area contributed by atoms with E-state index in [-0.39, 0.29) is 6.10 Å². The molecule has 0 aliphatic heterocycles. The summed E-state index contributed by atoms with van der Waals surface area (Å²) in [7, 11) is 0. The maximum Gasteiger partial charge on any atom is 0.393 e. The van der Waals surface area contributed by atoms with Crippen molar-refractivity contribution in [3.8, 4) is 6.08 Å². The van der Waals surface area contributed by atoms with Crippen LogP contribution >= 0.6 is 11.6 Å². The number of rotatable bonds is 5. The molecule has 14 heavy (non-hydrogen) atoms. The van der Waals surface area contributed by atoms with E-state index in [1.165, 1.54) is 6.26 Å². The molecule has 0 aliphatic carbocycles. The Kier molecular flexibility index (Phi) is 4.26. The largest absolute Gasteiger partial charge is 0.447 e. The SMILES string of the molecule is CC(C)CC(C)Oc1nc(CCl)co1. The average molecular weight is 218 g/mol. The molecular formula is C10H16ClNO2. The van der Waals surface area contributed by atoms with Crippen LogP contribution in [0.4, 0.5) is 0 Å². The van der Waals surface area contributed by atoms with Gasteiger partial charge in [-0.1, -0.05) is 13.8 Å². The Labute approximate surface area is 89.4 Å². The predicted molar refractivity (Wildman–Crippen MR) is 55.6 cm³/mol. The van der Waals surface area contributed by atoms with Crippen LogP contribution < -0.4 is 4.74 Å². The predicted octanol–water partition coefficient (Wildman–Crippen LogP) is 3.23. The lowest BCUT2D eigenvalue weighted by Gasteiger charge is -2.12. The fourth-order valence-corrected chi connectivity index (χ4v) is 1.41. The number of hydrogen-bond donors (Lipinski definition) is 0. The molecule has 1 heterocycles. The highest BCUT2D eigenvalue weighted by Crippen LogP contribution is 2.16. The molecular weight excluding hydrogens is 202 g/mol. The van der Waals surface area contributed by atoms with Crippen molar-refractivity contribution in [1.82, 2.24) is 4.98 Å². The Morgan fingerprint density at radius 1 is 1.50 bits per heavy atom. The molecule has 1 aromatic rings. The molecule has 80 valence electrons. The van der Waals surface area contributed by atoms with Crippen molar-refractivity contribution in [2.45, 2.75) is 39.2 Å². The minimum atomic E-state index is 0.122. The quantitative estimate of drug-likeness (QED) is 0.711. The Balaban J connectivity index is 2.43. The van der Waals surface area contributed by atoms with Gasteiger partial charge in [0.15, 0.2) is 0 Å². The summed E-state index contributed by atoms with van der Waals surface area (Å²) in [6.07, 6.45) is 2.94. The third-order valence-corrected chi connectivity index (χ3v) is 2.05. The first-order valence-corrected chi connectivity index (χ1v) is 5.32. The average Bonchev–Trinajstić information content (AvgIpc) is 2.50. The van der Waals surface area contributed by atoms with Gasteiger partial charge in [0, 0.05) is 0 Å². The van der Waals surface area contributed by atoms with E-state index < -0.39 is 0 Å². The minimum Gasteiger partial charge on any atom is -0.447 e. The van der Waals surface area contributed by atoms with Crippen LogP contribution in [0.25, 0.3) is 0 Å². The van der Waals surface area contributed by atoms with E-state index in [0.717, 1.165) is 6.42 Å². The van der Waals surface area contributed by atoms with Crippen molar-refractivity contribution in [3.05, 3.63) is 12.0 Å². The van der Waals surface area contributed by atoms with Gasteiger partial charge in [0.25, 0.3) is 0 Å². The van der Waals surface area contributed by atoms with E-state index >= 15 is 0 Å². The number of nitrogens with zero attached hydrogens (tertiary/aromatic N) is 1. The van der Waals surface area contributed by atoms with E-state index in [4.69, 9.17) is 20.8 Å². The Morgan fingerprint density at radius 3 is 2.71 bits per heavy atom. The fraction of sp³-hybridized carbons (Fsp3) is 0.700. The zero-order valence-electron chi connectivity index (χ0n) is 8.79. The molecule has 0 aromatic carbocycles. The van der Waals surface area contributed by atoms with Crippen LogP contribution in [0.3, 0.4) is 0 Å². The molecule has 0 radical (unpaired) electrons. The summed E-state index contributed by atoms with van der Waals surface area (Å²) < 4.78 is 10.6. The molecule has 0 aliphatic rings. The fourth-order valence-electron chi connectivity index (χ4n) is 1.29. The second-order valence-electron chi connectivity index (χ2n) is 3.80. The second-order valence-corrected chi connectivity index (χ2v) is 4.06. The summed E-state index contributed by atoms with van der Waals surface area (Å²) in [5, 5.41) is 0. The number of halogens is 1. The third-order valence-electron chi connectivity index (χ3n) is 1.77. The number of ether oxygens (including phenoxy) is 1. The van der Waals surface area contributed by atoms with Gasteiger partial charge < -0.3 is 9.15 Å². The first-order chi connectivity index (χ1) is 6.61. The number of aromatic nitrogens is 1. The lowest BCUT2D eigenvalue weighted by molar-refractivity contribution is 0.142. The van der Waals surface area contributed by atoms with Crippen LogP contribution in [0, 0.1) is 5.92 Å². The Morgan fingerprint density at radius 2 is 2.21 bits per heavy atom. The summed E-state index contributed by atoms with van der Waals surface area (Å²) in [6.45, 7) is 6.31. The zero-order valence-corrected chi connectivity index (χ0v) is 9.54. The molecule has 0 amide bonds. The van der Waals surface area contributed by atoms with Crippen molar-refractivity contribution < 1.29 is 9.15 Å². The molecule has 0 fully saturated rings. The van der Waals surface area contributed by atoms with Crippen LogP contribution in [-0.2, 0) is 5.88 Å². The van der Waals surface area contributed by atoms with Crippen molar-refractivity contribution in [2.24, 2.45) is 5.92 Å². The number of oxazole rings is 1. The van der Waals surface area contributed by atoms with Gasteiger partial charge in [0.1, 0.15) is 12.4 Å². The molecule has 0 spiro atoms. The molecule has 0 saturated heterocycles. The van der Waals surface area contributed by atoms with Crippen molar-refractivity contribution in [2.75, 3.05) is 0 Å². The van der Waals surface area contributed by atoms with Gasteiger partial charge in [-0.15, -0.1) is 11.6 Å². The molecule has 4 heteroatoms. The first kappa shape index (κ1) is 11.4. The molecule has 0 bridgehead atoms. The number of hydrogen-bond acceptors (Lipinski definition) is 3. The topological polar surface area (TPSA) is 35.3 Å². The summed E-state index contributed by atoms with van der Waals surface area (Å²) in [5.41, 5.74) is 0.707. The molecule has 1 atom stereocenters. The molecule has 0 N–H and O–H groups in total. The van der Waals surface area contributed by atoms with E-state index in [1.54, 1.807) is 0 Å². The van der Waals surface area contributed by atoms with Crippen LogP contribution in [0.2, 0.25) is 0 Å². The maximum absolute atomic E-state index is 5.58. The van der Waals surface area contributed by atoms with E-state index in [1.807, 2.05) is 6.92 Å². The van der Waals surface area contributed by atoms with Gasteiger partial charge >= 0.3 is 6.08 Å². The van der Waals surface area contributed by atoms with Gasteiger partial charge in [0.05, 0.1) is 11.6 Å². The zero-order chi connectivity index (χ0) is 10.6. The van der Waals surface area contributed by atoms with Crippen LogP contribution in [0.5, 0.6) is 6.08 Å². The van der Waals surface area contributed by atoms with Crippen molar-refractivity contribution in [1.29, 1.82) is 0 Å². The third kappa shape index (κ3) is 3.58. The highest BCUT2D eigenvalue weighted by molar-refractivity contribution is 6.16. The summed E-state index contributed by atoms with van der Waals surface area (Å²) in [6, 6.07) is 0. The normalized spacial score (nSPS) is 13.2. The van der Waals surface area contributed by atoms with Crippen LogP contribution in [-0.4, -0.2) is 11.1 Å². The van der Waals surface area contributed by atoms with E-state index in [2.05, 4.69) is 18.8 Å². The Hall–Kier alpha value is -0.700. The van der Waals surface area contributed by atoms with Gasteiger partial charge in [-0.2, -0.15) is 4.98 Å². The minimum absolute atomic E-state index is 0.122. The highest BCUT2D eigenvalue weighted by atomic mass is 35.5. The molecule has 0 saturated carbocycles. The highest BCUT2D eigenvalue weighted by Gasteiger charge is 2.10. The van der Waals surface area contributed by atoms with Gasteiger partial charge in [-0.05, 0) is 19.3 Å². The standard InChI is InChI=1S/C10H16ClNO2/c1-7(2)4-8(3)14-10-12-9(5-11)6-13-10/h6-8H,4-5H2,1-3H3. The van der Waals surface area contributed by atoms with Gasteiger partial charge in [-0.3, -0.25) is 0 Å². The lowest BCUT2D eigenvalue weighted by atomic mass is 10.1. The summed E-state index contributed by atoms with van der Waals surface area (Å²) in [5.74, 6) is 0.957. The van der Waals surface area contributed by atoms with Crippen molar-refractivity contribution in [3.63, 3.8) is 0 Å². The second kappa shape index (κ2) is 5.25. The maximum atomic E-state index is 5.58. The number of alkyl halides is 1. The lowest BCUT2D eigenvalue weighted by Crippen LogP contribution is -2.14. The van der Waals surface area contributed by atoms with Crippen LogP contribution in [0.1, 0.15) is 32.9 Å². The van der Waals surface area contributed by atoms with Gasteiger partial charge in [-0.25, -0.2) is 0 Å². The molecule has 1 aromatic heterocycles. The first-order valence-electron chi connectivity index (χ1n) is 4.78. The summed E-state index contributed by atoms with van der Waals surface area (Å²) >= 11 is 5.58. The smallest absolute Gasteiger partial charge is 0.393 e. The van der Waals surface area contributed by atoms with Gasteiger partial charge in [0.2, 0.25) is 0 Å². The molecule has 1 rings (SSSR count). The van der Waals surface area contributed by atoms with E-state index in [9.17, 15) is 0 Å². The van der Waals surface area contributed by atoms with E-state index in [0.29, 0.717) is 23.6 Å². The molecule has 1 unspecified atom stereocenters. The Bertz CT molecular complexity index is 273. The van der Waals surface area contributed by atoms with Crippen LogP contribution in [0.15, 0.2) is 10.7 Å².